The van der Waals surface area contributed by atoms with Crippen molar-refractivity contribution >= 4 is 27.6 Å². The maximum absolute atomic E-state index is 12.2. The summed E-state index contributed by atoms with van der Waals surface area (Å²) in [5.41, 5.74) is 0.681. The standard InChI is InChI=1S/C20H24N2O6S/c1-4-21-29(25,26)18-12-6-15(7-13-18)20(24)28-14(3)19(23)22-16-8-10-17(11-9-16)27-5-2/h6-14,21H,4-5H2,1-3H3,(H,22,23). The summed E-state index contributed by atoms with van der Waals surface area (Å²) in [6, 6.07) is 12.1. The number of carbonyl (C=O) groups is 2. The molecule has 0 bridgehead atoms. The average molecular weight is 420 g/mol. The highest BCUT2D eigenvalue weighted by Gasteiger charge is 2.20. The van der Waals surface area contributed by atoms with Crippen molar-refractivity contribution in [3.05, 3.63) is 54.1 Å². The summed E-state index contributed by atoms with van der Waals surface area (Å²) in [4.78, 5) is 24.5. The second-order valence-corrected chi connectivity index (χ2v) is 7.79. The molecule has 0 heterocycles. The monoisotopic (exact) mass is 420 g/mol. The molecule has 0 aliphatic heterocycles. The van der Waals surface area contributed by atoms with Gasteiger partial charge in [-0.2, -0.15) is 0 Å². The number of nitrogens with one attached hydrogen (secondary N) is 2. The molecule has 0 saturated heterocycles. The average Bonchev–Trinajstić information content (AvgIpc) is 2.69. The smallest absolute Gasteiger partial charge is 0.338 e. The van der Waals surface area contributed by atoms with Crippen LogP contribution in [-0.4, -0.2) is 39.5 Å². The second kappa shape index (κ2) is 10.0. The molecule has 2 N–H and O–H groups in total. The molecule has 0 spiro atoms. The van der Waals surface area contributed by atoms with Gasteiger partial charge in [-0.05, 0) is 62.4 Å². The molecule has 1 atom stereocenters. The third-order valence-corrected chi connectivity index (χ3v) is 5.38. The number of esters is 1. The Labute approximate surface area is 170 Å². The van der Waals surface area contributed by atoms with Crippen LogP contribution in [0, 0.1) is 0 Å². The molecule has 0 aromatic heterocycles. The highest BCUT2D eigenvalue weighted by molar-refractivity contribution is 7.89. The van der Waals surface area contributed by atoms with Crippen LogP contribution >= 0.6 is 0 Å². The van der Waals surface area contributed by atoms with Gasteiger partial charge in [0.1, 0.15) is 5.75 Å². The summed E-state index contributed by atoms with van der Waals surface area (Å²) < 4.78 is 36.7. The van der Waals surface area contributed by atoms with Crippen molar-refractivity contribution in [3.63, 3.8) is 0 Å². The molecule has 0 fully saturated rings. The van der Waals surface area contributed by atoms with Crippen molar-refractivity contribution in [2.24, 2.45) is 0 Å². The zero-order valence-electron chi connectivity index (χ0n) is 16.5. The van der Waals surface area contributed by atoms with E-state index in [0.29, 0.717) is 18.0 Å². The van der Waals surface area contributed by atoms with Crippen LogP contribution in [0.3, 0.4) is 0 Å². The van der Waals surface area contributed by atoms with E-state index < -0.39 is 28.0 Å². The van der Waals surface area contributed by atoms with Crippen LogP contribution < -0.4 is 14.8 Å². The van der Waals surface area contributed by atoms with Gasteiger partial charge in [0.25, 0.3) is 5.91 Å². The number of ether oxygens (including phenoxy) is 2. The van der Waals surface area contributed by atoms with Crippen molar-refractivity contribution in [1.29, 1.82) is 0 Å². The normalized spacial score (nSPS) is 12.1. The summed E-state index contributed by atoms with van der Waals surface area (Å²) in [5, 5.41) is 2.65. The minimum absolute atomic E-state index is 0.0391. The summed E-state index contributed by atoms with van der Waals surface area (Å²) in [6.45, 7) is 5.79. The second-order valence-electron chi connectivity index (χ2n) is 6.02. The van der Waals surface area contributed by atoms with Crippen LogP contribution in [0.5, 0.6) is 5.75 Å². The Morgan fingerprint density at radius 1 is 1.00 bits per heavy atom. The molecule has 156 valence electrons. The Morgan fingerprint density at radius 3 is 2.17 bits per heavy atom. The van der Waals surface area contributed by atoms with Crippen LogP contribution in [0.2, 0.25) is 0 Å². The number of rotatable bonds is 9. The lowest BCUT2D eigenvalue weighted by Gasteiger charge is -2.14. The van der Waals surface area contributed by atoms with Crippen molar-refractivity contribution < 1.29 is 27.5 Å². The number of anilines is 1. The first kappa shape index (κ1) is 22.4. The number of sulfonamides is 1. The molecule has 0 saturated carbocycles. The molecular weight excluding hydrogens is 396 g/mol. The van der Waals surface area contributed by atoms with Crippen LogP contribution in [0.4, 0.5) is 5.69 Å². The van der Waals surface area contributed by atoms with Gasteiger partial charge in [-0.15, -0.1) is 0 Å². The van der Waals surface area contributed by atoms with Gasteiger partial charge < -0.3 is 14.8 Å². The Balaban J connectivity index is 1.96. The maximum Gasteiger partial charge on any atom is 0.338 e. The summed E-state index contributed by atoms with van der Waals surface area (Å²) in [5.74, 6) is -0.537. The largest absolute Gasteiger partial charge is 0.494 e. The zero-order valence-corrected chi connectivity index (χ0v) is 17.3. The fourth-order valence-electron chi connectivity index (χ4n) is 2.37. The van der Waals surface area contributed by atoms with Crippen LogP contribution in [0.15, 0.2) is 53.4 Å². The molecule has 1 amide bonds. The molecule has 0 aliphatic carbocycles. The molecule has 9 heteroatoms. The van der Waals surface area contributed by atoms with Gasteiger partial charge in [-0.25, -0.2) is 17.9 Å². The van der Waals surface area contributed by atoms with E-state index >= 15 is 0 Å². The van der Waals surface area contributed by atoms with Gasteiger partial charge in [0.05, 0.1) is 17.1 Å². The highest BCUT2D eigenvalue weighted by Crippen LogP contribution is 2.16. The lowest BCUT2D eigenvalue weighted by atomic mass is 10.2. The lowest BCUT2D eigenvalue weighted by Crippen LogP contribution is -2.30. The number of amides is 1. The predicted octanol–water partition coefficient (Wildman–Crippen LogP) is 2.57. The van der Waals surface area contributed by atoms with E-state index in [-0.39, 0.29) is 17.0 Å². The summed E-state index contributed by atoms with van der Waals surface area (Å²) in [7, 11) is -3.61. The van der Waals surface area contributed by atoms with Crippen molar-refractivity contribution in [2.45, 2.75) is 31.8 Å². The molecule has 29 heavy (non-hydrogen) atoms. The van der Waals surface area contributed by atoms with Crippen molar-refractivity contribution in [2.75, 3.05) is 18.5 Å². The lowest BCUT2D eigenvalue weighted by molar-refractivity contribution is -0.123. The van der Waals surface area contributed by atoms with E-state index in [2.05, 4.69) is 10.0 Å². The third kappa shape index (κ3) is 6.30. The molecule has 0 radical (unpaired) electrons. The molecule has 0 aliphatic rings. The van der Waals surface area contributed by atoms with Gasteiger partial charge in [-0.1, -0.05) is 6.92 Å². The summed E-state index contributed by atoms with van der Waals surface area (Å²) >= 11 is 0. The first-order chi connectivity index (χ1) is 13.8. The fraction of sp³-hybridized carbons (Fsp3) is 0.300. The molecule has 1 unspecified atom stereocenters. The quantitative estimate of drug-likeness (QED) is 0.603. The molecule has 2 aromatic carbocycles. The van der Waals surface area contributed by atoms with Crippen LogP contribution in [0.1, 0.15) is 31.1 Å². The van der Waals surface area contributed by atoms with E-state index in [1.165, 1.54) is 31.2 Å². The van der Waals surface area contributed by atoms with E-state index in [0.717, 1.165) is 0 Å². The topological polar surface area (TPSA) is 111 Å². The van der Waals surface area contributed by atoms with Gasteiger partial charge in [0.2, 0.25) is 10.0 Å². The fourth-order valence-corrected chi connectivity index (χ4v) is 3.41. The Bertz CT molecular complexity index is 940. The van der Waals surface area contributed by atoms with E-state index in [1.807, 2.05) is 6.92 Å². The van der Waals surface area contributed by atoms with Crippen LogP contribution in [0.25, 0.3) is 0 Å². The van der Waals surface area contributed by atoms with Gasteiger partial charge in [0.15, 0.2) is 6.10 Å². The maximum atomic E-state index is 12.2. The number of benzene rings is 2. The van der Waals surface area contributed by atoms with Gasteiger partial charge >= 0.3 is 5.97 Å². The third-order valence-electron chi connectivity index (χ3n) is 3.82. The highest BCUT2D eigenvalue weighted by atomic mass is 32.2. The van der Waals surface area contributed by atoms with Gasteiger partial charge in [-0.3, -0.25) is 4.79 Å². The molecule has 8 nitrogen and oxygen atoms in total. The minimum atomic E-state index is -3.61. The zero-order chi connectivity index (χ0) is 21.4. The predicted molar refractivity (Wildman–Crippen MR) is 108 cm³/mol. The van der Waals surface area contributed by atoms with E-state index in [4.69, 9.17) is 9.47 Å². The first-order valence-corrected chi connectivity index (χ1v) is 10.6. The molecular formula is C20H24N2O6S. The Hall–Kier alpha value is -2.91. The number of hydrogen-bond donors (Lipinski definition) is 2. The van der Waals surface area contributed by atoms with Crippen molar-refractivity contribution in [3.8, 4) is 5.75 Å². The van der Waals surface area contributed by atoms with Crippen LogP contribution in [-0.2, 0) is 19.6 Å². The first-order valence-electron chi connectivity index (χ1n) is 9.11. The minimum Gasteiger partial charge on any atom is -0.494 e. The van der Waals surface area contributed by atoms with Crippen molar-refractivity contribution in [1.82, 2.24) is 4.72 Å². The van der Waals surface area contributed by atoms with E-state index in [1.54, 1.807) is 31.2 Å². The summed E-state index contributed by atoms with van der Waals surface area (Å²) in [6.07, 6.45) is -1.04. The Kier molecular flexibility index (Phi) is 7.74. The molecule has 2 aromatic rings. The molecule has 2 rings (SSSR count). The Morgan fingerprint density at radius 2 is 1.62 bits per heavy atom. The van der Waals surface area contributed by atoms with E-state index in [9.17, 15) is 18.0 Å². The SMILES string of the molecule is CCNS(=O)(=O)c1ccc(C(=O)OC(C)C(=O)Nc2ccc(OCC)cc2)cc1. The number of carbonyl (C=O) groups excluding carboxylic acids is 2. The number of hydrogen-bond acceptors (Lipinski definition) is 6. The van der Waals surface area contributed by atoms with Gasteiger partial charge in [0, 0.05) is 12.2 Å².